The molecule has 0 aliphatic heterocycles. The predicted octanol–water partition coefficient (Wildman–Crippen LogP) is 0.231. The third-order valence-electron chi connectivity index (χ3n) is 2.48. The Kier molecular flexibility index (Phi) is 3.69. The van der Waals surface area contributed by atoms with Crippen molar-refractivity contribution in [2.24, 2.45) is 5.73 Å². The van der Waals surface area contributed by atoms with Gasteiger partial charge in [-0.05, 0) is 13.0 Å². The Morgan fingerprint density at radius 2 is 2.39 bits per heavy atom. The molecule has 0 unspecified atom stereocenters. The number of hydrogen-bond acceptors (Lipinski definition) is 4. The molecule has 2 heterocycles. The zero-order valence-electron chi connectivity index (χ0n) is 10.1. The first kappa shape index (κ1) is 12.3. The highest BCUT2D eigenvalue weighted by Crippen LogP contribution is 2.10. The van der Waals surface area contributed by atoms with E-state index in [1.54, 1.807) is 36.4 Å². The summed E-state index contributed by atoms with van der Waals surface area (Å²) in [5, 5.41) is 2.76. The van der Waals surface area contributed by atoms with E-state index in [9.17, 15) is 4.79 Å². The highest BCUT2D eigenvalue weighted by Gasteiger charge is 2.09. The molecular weight excluding hydrogens is 230 g/mol. The van der Waals surface area contributed by atoms with Crippen LogP contribution in [0.15, 0.2) is 37.1 Å². The molecule has 0 spiro atoms. The third-order valence-corrected chi connectivity index (χ3v) is 2.48. The molecular formula is C12H15N5O. The molecule has 0 bridgehead atoms. The number of carbonyl (C=O) groups is 1. The van der Waals surface area contributed by atoms with Crippen molar-refractivity contribution in [3.05, 3.63) is 42.6 Å². The summed E-state index contributed by atoms with van der Waals surface area (Å²) in [4.78, 5) is 19.7. The second-order valence-electron chi connectivity index (χ2n) is 3.96. The van der Waals surface area contributed by atoms with Crippen molar-refractivity contribution in [2.45, 2.75) is 19.5 Å². The van der Waals surface area contributed by atoms with Crippen molar-refractivity contribution >= 4 is 5.91 Å². The van der Waals surface area contributed by atoms with E-state index in [1.165, 1.54) is 0 Å². The number of rotatable bonds is 4. The number of pyridine rings is 1. The van der Waals surface area contributed by atoms with Gasteiger partial charge in [0.15, 0.2) is 0 Å². The summed E-state index contributed by atoms with van der Waals surface area (Å²) in [6, 6.07) is 3.22. The number of amides is 1. The number of carbonyl (C=O) groups excluding carboxylic acids is 1. The standard InChI is InChI=1S/C12H15N5O/c1-9(13)12(18)16-7-10-3-2-4-15-11(10)17-6-5-14-8-17/h2-6,8-9H,7,13H2,1H3,(H,16,18)/t9-/m1/s1. The maximum absolute atomic E-state index is 11.4. The van der Waals surface area contributed by atoms with Gasteiger partial charge in [0.05, 0.1) is 6.04 Å². The Morgan fingerprint density at radius 1 is 1.56 bits per heavy atom. The van der Waals surface area contributed by atoms with Crippen LogP contribution in [0, 0.1) is 0 Å². The molecule has 2 aromatic heterocycles. The topological polar surface area (TPSA) is 85.8 Å². The van der Waals surface area contributed by atoms with Crippen molar-refractivity contribution in [3.8, 4) is 5.82 Å². The first-order valence-electron chi connectivity index (χ1n) is 5.64. The van der Waals surface area contributed by atoms with Crippen molar-refractivity contribution < 1.29 is 4.79 Å². The van der Waals surface area contributed by atoms with Gasteiger partial charge in [0.2, 0.25) is 5.91 Å². The Balaban J connectivity index is 2.16. The van der Waals surface area contributed by atoms with Crippen LogP contribution >= 0.6 is 0 Å². The molecule has 0 saturated carbocycles. The van der Waals surface area contributed by atoms with Crippen LogP contribution in [-0.2, 0) is 11.3 Å². The lowest BCUT2D eigenvalue weighted by Crippen LogP contribution is -2.38. The Hall–Kier alpha value is -2.21. The van der Waals surface area contributed by atoms with Crippen molar-refractivity contribution in [3.63, 3.8) is 0 Å². The van der Waals surface area contributed by atoms with Gasteiger partial charge in [-0.3, -0.25) is 9.36 Å². The Morgan fingerprint density at radius 3 is 3.06 bits per heavy atom. The number of hydrogen-bond donors (Lipinski definition) is 2. The molecule has 2 rings (SSSR count). The minimum atomic E-state index is -0.515. The third kappa shape index (κ3) is 2.72. The number of nitrogens with two attached hydrogens (primary N) is 1. The van der Waals surface area contributed by atoms with Crippen LogP contribution in [0.25, 0.3) is 5.82 Å². The molecule has 18 heavy (non-hydrogen) atoms. The van der Waals surface area contributed by atoms with Crippen LogP contribution < -0.4 is 11.1 Å². The van der Waals surface area contributed by atoms with Crippen molar-refractivity contribution in [1.82, 2.24) is 19.9 Å². The van der Waals surface area contributed by atoms with Gasteiger partial charge in [-0.25, -0.2) is 9.97 Å². The fourth-order valence-electron chi connectivity index (χ4n) is 1.53. The first-order valence-corrected chi connectivity index (χ1v) is 5.64. The molecule has 0 aliphatic carbocycles. The van der Waals surface area contributed by atoms with Gasteiger partial charge in [-0.1, -0.05) is 6.07 Å². The summed E-state index contributed by atoms with van der Waals surface area (Å²) in [6.45, 7) is 2.04. The second kappa shape index (κ2) is 5.42. The minimum Gasteiger partial charge on any atom is -0.351 e. The van der Waals surface area contributed by atoms with Crippen LogP contribution in [-0.4, -0.2) is 26.5 Å². The summed E-state index contributed by atoms with van der Waals surface area (Å²) in [5.74, 6) is 0.565. The fraction of sp³-hybridized carbons (Fsp3) is 0.250. The highest BCUT2D eigenvalue weighted by molar-refractivity contribution is 5.80. The van der Waals surface area contributed by atoms with Gasteiger partial charge in [-0.2, -0.15) is 0 Å². The summed E-state index contributed by atoms with van der Waals surface area (Å²) >= 11 is 0. The average molecular weight is 245 g/mol. The lowest BCUT2D eigenvalue weighted by Gasteiger charge is -2.11. The molecule has 0 fully saturated rings. The molecule has 1 amide bonds. The quantitative estimate of drug-likeness (QED) is 0.807. The number of aromatic nitrogens is 3. The molecule has 6 nitrogen and oxygen atoms in total. The monoisotopic (exact) mass is 245 g/mol. The maximum Gasteiger partial charge on any atom is 0.236 e. The number of nitrogens with one attached hydrogen (secondary N) is 1. The lowest BCUT2D eigenvalue weighted by molar-refractivity contribution is -0.122. The molecule has 6 heteroatoms. The molecule has 0 radical (unpaired) electrons. The zero-order chi connectivity index (χ0) is 13.0. The van der Waals surface area contributed by atoms with Crippen LogP contribution in [0.4, 0.5) is 0 Å². The molecule has 0 aromatic carbocycles. The van der Waals surface area contributed by atoms with E-state index in [2.05, 4.69) is 15.3 Å². The maximum atomic E-state index is 11.4. The van der Waals surface area contributed by atoms with Gasteiger partial charge < -0.3 is 11.1 Å². The lowest BCUT2D eigenvalue weighted by atomic mass is 10.2. The molecule has 1 atom stereocenters. The molecule has 94 valence electrons. The van der Waals surface area contributed by atoms with Gasteiger partial charge in [-0.15, -0.1) is 0 Å². The van der Waals surface area contributed by atoms with E-state index < -0.39 is 6.04 Å². The van der Waals surface area contributed by atoms with Crippen LogP contribution in [0.1, 0.15) is 12.5 Å². The Labute approximate surface area is 105 Å². The van der Waals surface area contributed by atoms with Gasteiger partial charge in [0, 0.05) is 30.7 Å². The fourth-order valence-corrected chi connectivity index (χ4v) is 1.53. The first-order chi connectivity index (χ1) is 8.68. The van der Waals surface area contributed by atoms with E-state index in [0.717, 1.165) is 11.4 Å². The SMILES string of the molecule is C[C@@H](N)C(=O)NCc1cccnc1-n1ccnc1. The predicted molar refractivity (Wildman–Crippen MR) is 66.9 cm³/mol. The van der Waals surface area contributed by atoms with E-state index in [4.69, 9.17) is 5.73 Å². The largest absolute Gasteiger partial charge is 0.351 e. The van der Waals surface area contributed by atoms with E-state index >= 15 is 0 Å². The summed E-state index contributed by atoms with van der Waals surface area (Å²) in [5.41, 5.74) is 6.40. The number of nitrogens with zero attached hydrogens (tertiary/aromatic N) is 3. The normalized spacial score (nSPS) is 12.1. The van der Waals surface area contributed by atoms with Crippen LogP contribution in [0.5, 0.6) is 0 Å². The highest BCUT2D eigenvalue weighted by atomic mass is 16.2. The average Bonchev–Trinajstić information content (AvgIpc) is 2.89. The summed E-state index contributed by atoms with van der Waals surface area (Å²) < 4.78 is 1.80. The van der Waals surface area contributed by atoms with E-state index in [0.29, 0.717) is 6.54 Å². The molecule has 0 saturated heterocycles. The van der Waals surface area contributed by atoms with Gasteiger partial charge in [0.25, 0.3) is 0 Å². The second-order valence-corrected chi connectivity index (χ2v) is 3.96. The zero-order valence-corrected chi connectivity index (χ0v) is 10.1. The Bertz CT molecular complexity index is 521. The van der Waals surface area contributed by atoms with Gasteiger partial charge >= 0.3 is 0 Å². The van der Waals surface area contributed by atoms with Gasteiger partial charge in [0.1, 0.15) is 12.1 Å². The van der Waals surface area contributed by atoms with E-state index in [1.807, 2.05) is 12.1 Å². The van der Waals surface area contributed by atoms with Crippen molar-refractivity contribution in [2.75, 3.05) is 0 Å². The summed E-state index contributed by atoms with van der Waals surface area (Å²) in [7, 11) is 0. The minimum absolute atomic E-state index is 0.185. The van der Waals surface area contributed by atoms with Crippen molar-refractivity contribution in [1.29, 1.82) is 0 Å². The number of imidazole rings is 1. The summed E-state index contributed by atoms with van der Waals surface area (Å²) in [6.07, 6.45) is 6.85. The smallest absolute Gasteiger partial charge is 0.236 e. The van der Waals surface area contributed by atoms with Crippen LogP contribution in [0.3, 0.4) is 0 Å². The molecule has 0 aliphatic rings. The molecule has 3 N–H and O–H groups in total. The van der Waals surface area contributed by atoms with E-state index in [-0.39, 0.29) is 5.91 Å². The van der Waals surface area contributed by atoms with Crippen LogP contribution in [0.2, 0.25) is 0 Å². The molecule has 2 aromatic rings.